The van der Waals surface area contributed by atoms with Crippen LogP contribution in [0.15, 0.2) is 42.5 Å². The lowest BCUT2D eigenvalue weighted by Gasteiger charge is -2.32. The van der Waals surface area contributed by atoms with E-state index in [9.17, 15) is 18.0 Å². The van der Waals surface area contributed by atoms with Crippen molar-refractivity contribution in [2.45, 2.75) is 78.9 Å². The lowest BCUT2D eigenvalue weighted by atomic mass is 10.1. The van der Waals surface area contributed by atoms with Gasteiger partial charge in [-0.3, -0.25) is 13.9 Å². The lowest BCUT2D eigenvalue weighted by Crippen LogP contribution is -2.50. The molecule has 7 nitrogen and oxygen atoms in total. The van der Waals surface area contributed by atoms with E-state index in [4.69, 9.17) is 11.6 Å². The highest BCUT2D eigenvalue weighted by Gasteiger charge is 2.29. The highest BCUT2D eigenvalue weighted by atomic mass is 35.5. The Morgan fingerprint density at radius 3 is 2.32 bits per heavy atom. The normalized spacial score (nSPS) is 13.1. The fourth-order valence-corrected chi connectivity index (χ4v) is 5.40. The molecule has 2 aromatic carbocycles. The molecule has 0 unspecified atom stereocenters. The Kier molecular flexibility index (Phi) is 11.4. The molecule has 0 heterocycles. The number of hydrogen-bond acceptors (Lipinski definition) is 4. The minimum absolute atomic E-state index is 0.00160. The van der Waals surface area contributed by atoms with Gasteiger partial charge >= 0.3 is 0 Å². The zero-order valence-electron chi connectivity index (χ0n) is 22.8. The Labute approximate surface area is 227 Å². The van der Waals surface area contributed by atoms with Crippen molar-refractivity contribution < 1.29 is 18.0 Å². The molecule has 2 atom stereocenters. The maximum absolute atomic E-state index is 13.5. The first-order valence-corrected chi connectivity index (χ1v) is 15.0. The summed E-state index contributed by atoms with van der Waals surface area (Å²) in [6.07, 6.45) is 2.80. The topological polar surface area (TPSA) is 86.8 Å². The molecule has 0 bridgehead atoms. The number of nitrogens with one attached hydrogen (secondary N) is 1. The molecule has 0 aliphatic heterocycles. The minimum atomic E-state index is -3.59. The van der Waals surface area contributed by atoms with Crippen LogP contribution in [0.3, 0.4) is 0 Å². The number of amides is 2. The van der Waals surface area contributed by atoms with Crippen molar-refractivity contribution in [1.29, 1.82) is 0 Å². The van der Waals surface area contributed by atoms with E-state index in [1.807, 2.05) is 52.0 Å². The first kappa shape index (κ1) is 30.6. The molecule has 0 aliphatic carbocycles. The van der Waals surface area contributed by atoms with Gasteiger partial charge < -0.3 is 10.2 Å². The molecule has 9 heteroatoms. The van der Waals surface area contributed by atoms with Gasteiger partial charge in [0.15, 0.2) is 0 Å². The predicted molar refractivity (Wildman–Crippen MR) is 151 cm³/mol. The molecule has 0 spiro atoms. The molecular formula is C28H40ClN3O4S. The summed E-state index contributed by atoms with van der Waals surface area (Å²) in [4.78, 5) is 28.3. The number of halogens is 1. The maximum atomic E-state index is 13.5. The molecule has 1 N–H and O–H groups in total. The minimum Gasteiger partial charge on any atom is -0.352 e. The van der Waals surface area contributed by atoms with E-state index in [1.165, 1.54) is 4.31 Å². The monoisotopic (exact) mass is 549 g/mol. The fraction of sp³-hybridized carbons (Fsp3) is 0.500. The number of hydrogen-bond donors (Lipinski definition) is 1. The number of sulfonamides is 1. The zero-order valence-corrected chi connectivity index (χ0v) is 24.3. The van der Waals surface area contributed by atoms with E-state index in [0.29, 0.717) is 35.7 Å². The lowest BCUT2D eigenvalue weighted by molar-refractivity contribution is -0.141. The zero-order chi connectivity index (χ0) is 27.8. The summed E-state index contributed by atoms with van der Waals surface area (Å²) in [5.41, 5.74) is 3.17. The van der Waals surface area contributed by atoms with Crippen LogP contribution in [0.2, 0.25) is 5.02 Å². The Hall–Kier alpha value is -2.58. The van der Waals surface area contributed by atoms with E-state index >= 15 is 0 Å². The van der Waals surface area contributed by atoms with Crippen LogP contribution >= 0.6 is 11.6 Å². The summed E-state index contributed by atoms with van der Waals surface area (Å²) in [7, 11) is -3.59. The summed E-state index contributed by atoms with van der Waals surface area (Å²) < 4.78 is 26.5. The Morgan fingerprint density at radius 2 is 1.73 bits per heavy atom. The van der Waals surface area contributed by atoms with E-state index in [0.717, 1.165) is 23.8 Å². The van der Waals surface area contributed by atoms with Crippen LogP contribution in [0.25, 0.3) is 0 Å². The van der Waals surface area contributed by atoms with Crippen molar-refractivity contribution in [2.24, 2.45) is 0 Å². The molecule has 204 valence electrons. The molecule has 2 rings (SSSR count). The molecule has 0 saturated carbocycles. The number of benzene rings is 2. The molecule has 37 heavy (non-hydrogen) atoms. The molecule has 0 saturated heterocycles. The SMILES string of the molecule is CC[C@@H](C)NC(=O)[C@H](CC)N(Cc1cccc(C)c1)C(=O)CCCN(c1cccc(Cl)c1C)S(C)(=O)=O. The molecule has 0 aromatic heterocycles. The maximum Gasteiger partial charge on any atom is 0.243 e. The molecule has 2 aromatic rings. The largest absolute Gasteiger partial charge is 0.352 e. The highest BCUT2D eigenvalue weighted by Crippen LogP contribution is 2.28. The summed E-state index contributed by atoms with van der Waals surface area (Å²) in [5, 5.41) is 3.48. The van der Waals surface area contributed by atoms with Crippen LogP contribution in [0, 0.1) is 13.8 Å². The summed E-state index contributed by atoms with van der Waals surface area (Å²) >= 11 is 6.23. The van der Waals surface area contributed by atoms with Gasteiger partial charge in [-0.15, -0.1) is 0 Å². The average molecular weight is 550 g/mol. The average Bonchev–Trinajstić information content (AvgIpc) is 2.82. The van der Waals surface area contributed by atoms with Crippen LogP contribution in [-0.2, 0) is 26.2 Å². The fourth-order valence-electron chi connectivity index (χ4n) is 4.22. The Balaban J connectivity index is 2.26. The number of nitrogens with zero attached hydrogens (tertiary/aromatic N) is 2. The smallest absolute Gasteiger partial charge is 0.243 e. The third kappa shape index (κ3) is 8.75. The van der Waals surface area contributed by atoms with Crippen molar-refractivity contribution in [3.63, 3.8) is 0 Å². The summed E-state index contributed by atoms with van der Waals surface area (Å²) in [6.45, 7) is 10.0. The second-order valence-electron chi connectivity index (χ2n) is 9.58. The van der Waals surface area contributed by atoms with Gasteiger partial charge in [0.25, 0.3) is 0 Å². The van der Waals surface area contributed by atoms with Crippen LogP contribution in [0.5, 0.6) is 0 Å². The van der Waals surface area contributed by atoms with Crippen molar-refractivity contribution >= 4 is 39.1 Å². The highest BCUT2D eigenvalue weighted by molar-refractivity contribution is 7.92. The molecule has 2 amide bonds. The Bertz CT molecular complexity index is 1190. The number of carbonyl (C=O) groups excluding carboxylic acids is 2. The van der Waals surface area contributed by atoms with Crippen LogP contribution in [0.4, 0.5) is 5.69 Å². The quantitative estimate of drug-likeness (QED) is 0.371. The second-order valence-corrected chi connectivity index (χ2v) is 11.9. The van der Waals surface area contributed by atoms with Gasteiger partial charge in [-0.1, -0.05) is 61.3 Å². The van der Waals surface area contributed by atoms with Crippen LogP contribution < -0.4 is 9.62 Å². The molecule has 0 fully saturated rings. The van der Waals surface area contributed by atoms with Gasteiger partial charge in [-0.05, 0) is 63.3 Å². The molecule has 0 radical (unpaired) electrons. The first-order valence-electron chi connectivity index (χ1n) is 12.8. The van der Waals surface area contributed by atoms with E-state index < -0.39 is 16.1 Å². The first-order chi connectivity index (χ1) is 17.4. The van der Waals surface area contributed by atoms with Gasteiger partial charge in [0.05, 0.1) is 11.9 Å². The van der Waals surface area contributed by atoms with E-state index in [-0.39, 0.29) is 30.8 Å². The summed E-state index contributed by atoms with van der Waals surface area (Å²) in [5.74, 6) is -0.367. The third-order valence-electron chi connectivity index (χ3n) is 6.48. The van der Waals surface area contributed by atoms with Crippen molar-refractivity contribution in [3.05, 3.63) is 64.2 Å². The van der Waals surface area contributed by atoms with Crippen LogP contribution in [0.1, 0.15) is 63.1 Å². The third-order valence-corrected chi connectivity index (χ3v) is 8.07. The number of carbonyl (C=O) groups is 2. The van der Waals surface area contributed by atoms with Crippen molar-refractivity contribution in [1.82, 2.24) is 10.2 Å². The van der Waals surface area contributed by atoms with Crippen molar-refractivity contribution in [3.8, 4) is 0 Å². The van der Waals surface area contributed by atoms with E-state index in [1.54, 1.807) is 30.0 Å². The Morgan fingerprint density at radius 1 is 1.05 bits per heavy atom. The second kappa shape index (κ2) is 13.8. The van der Waals surface area contributed by atoms with Gasteiger partial charge in [0, 0.05) is 30.6 Å². The van der Waals surface area contributed by atoms with Crippen LogP contribution in [-0.4, -0.2) is 50.0 Å². The van der Waals surface area contributed by atoms with Crippen molar-refractivity contribution in [2.75, 3.05) is 17.1 Å². The standard InChI is InChI=1S/C28H40ClN3O4S/c1-7-21(4)30-28(34)25(8-2)31(19-23-13-9-12-20(3)18-23)27(33)16-11-17-32(37(6,35)36)26-15-10-14-24(29)22(26)5/h9-10,12-15,18,21,25H,7-8,11,16-17,19H2,1-6H3,(H,30,34)/t21-,25+/m1/s1. The molecule has 0 aliphatic rings. The number of rotatable bonds is 13. The van der Waals surface area contributed by atoms with Gasteiger partial charge in [0.1, 0.15) is 6.04 Å². The van der Waals surface area contributed by atoms with Gasteiger partial charge in [0.2, 0.25) is 21.8 Å². The van der Waals surface area contributed by atoms with E-state index in [2.05, 4.69) is 5.32 Å². The molecular weight excluding hydrogens is 510 g/mol. The van der Waals surface area contributed by atoms with Gasteiger partial charge in [-0.25, -0.2) is 8.42 Å². The summed E-state index contributed by atoms with van der Waals surface area (Å²) in [6, 6.07) is 12.4. The van der Waals surface area contributed by atoms with Gasteiger partial charge in [-0.2, -0.15) is 0 Å². The number of aryl methyl sites for hydroxylation is 1. The predicted octanol–water partition coefficient (Wildman–Crippen LogP) is 5.23. The number of anilines is 1.